The molecule has 0 bridgehead atoms. The molecule has 1 N–H and O–H groups in total. The normalized spacial score (nSPS) is 11.4. The SMILES string of the molecule is COc1ccc(-c2onc(C)c2C)cc1S(=O)(=O)Nc1cc(C)ccc1C. The van der Waals surface area contributed by atoms with Gasteiger partial charge in [0, 0.05) is 11.1 Å². The molecule has 0 unspecified atom stereocenters. The van der Waals surface area contributed by atoms with Crippen LogP contribution in [0.2, 0.25) is 0 Å². The molecule has 0 spiro atoms. The van der Waals surface area contributed by atoms with Crippen molar-refractivity contribution in [1.82, 2.24) is 5.16 Å². The van der Waals surface area contributed by atoms with Crippen molar-refractivity contribution in [2.24, 2.45) is 0 Å². The maximum Gasteiger partial charge on any atom is 0.265 e. The van der Waals surface area contributed by atoms with E-state index in [0.717, 1.165) is 22.4 Å². The highest BCUT2D eigenvalue weighted by Gasteiger charge is 2.23. The first-order valence-electron chi connectivity index (χ1n) is 8.44. The highest BCUT2D eigenvalue weighted by molar-refractivity contribution is 7.92. The van der Waals surface area contributed by atoms with E-state index in [9.17, 15) is 8.42 Å². The third-order valence-corrected chi connectivity index (χ3v) is 5.90. The zero-order chi connectivity index (χ0) is 19.8. The van der Waals surface area contributed by atoms with Gasteiger partial charge in [-0.25, -0.2) is 8.42 Å². The summed E-state index contributed by atoms with van der Waals surface area (Å²) in [5.41, 5.74) is 4.59. The molecule has 7 heteroatoms. The van der Waals surface area contributed by atoms with Crippen LogP contribution < -0.4 is 9.46 Å². The number of ether oxygens (including phenoxy) is 1. The molecule has 27 heavy (non-hydrogen) atoms. The van der Waals surface area contributed by atoms with Gasteiger partial charge >= 0.3 is 0 Å². The van der Waals surface area contributed by atoms with Gasteiger partial charge in [-0.3, -0.25) is 4.72 Å². The Bertz CT molecular complexity index is 1100. The summed E-state index contributed by atoms with van der Waals surface area (Å²) in [4.78, 5) is 0.0388. The van der Waals surface area contributed by atoms with Gasteiger partial charge in [0.2, 0.25) is 0 Å². The van der Waals surface area contributed by atoms with Gasteiger partial charge in [-0.2, -0.15) is 0 Å². The Labute approximate surface area is 159 Å². The van der Waals surface area contributed by atoms with Crippen molar-refractivity contribution in [1.29, 1.82) is 0 Å². The average molecular weight is 386 g/mol. The van der Waals surface area contributed by atoms with Gasteiger partial charge in [-0.15, -0.1) is 0 Å². The van der Waals surface area contributed by atoms with E-state index < -0.39 is 10.0 Å². The van der Waals surface area contributed by atoms with Gasteiger partial charge in [-0.05, 0) is 63.1 Å². The summed E-state index contributed by atoms with van der Waals surface area (Å²) in [6.45, 7) is 7.48. The van der Waals surface area contributed by atoms with Crippen molar-refractivity contribution in [2.75, 3.05) is 11.8 Å². The number of nitrogens with one attached hydrogen (secondary N) is 1. The van der Waals surface area contributed by atoms with Crippen molar-refractivity contribution < 1.29 is 17.7 Å². The molecular weight excluding hydrogens is 364 g/mol. The quantitative estimate of drug-likeness (QED) is 0.703. The van der Waals surface area contributed by atoms with E-state index in [1.807, 2.05) is 39.8 Å². The minimum atomic E-state index is -3.87. The minimum absolute atomic E-state index is 0.0388. The molecule has 1 heterocycles. The average Bonchev–Trinajstić information content (AvgIpc) is 2.96. The van der Waals surface area contributed by atoms with Gasteiger partial charge in [0.15, 0.2) is 5.76 Å². The van der Waals surface area contributed by atoms with Crippen LogP contribution in [0.3, 0.4) is 0 Å². The number of aromatic nitrogens is 1. The predicted octanol–water partition coefficient (Wildman–Crippen LogP) is 4.38. The molecule has 2 aromatic carbocycles. The van der Waals surface area contributed by atoms with Crippen LogP contribution in [0.1, 0.15) is 22.4 Å². The summed E-state index contributed by atoms with van der Waals surface area (Å²) >= 11 is 0. The molecule has 3 rings (SSSR count). The van der Waals surface area contributed by atoms with E-state index in [0.29, 0.717) is 17.0 Å². The van der Waals surface area contributed by atoms with Crippen molar-refractivity contribution in [3.63, 3.8) is 0 Å². The number of anilines is 1. The largest absolute Gasteiger partial charge is 0.495 e. The highest BCUT2D eigenvalue weighted by Crippen LogP contribution is 2.33. The minimum Gasteiger partial charge on any atom is -0.495 e. The second-order valence-corrected chi connectivity index (χ2v) is 8.16. The highest BCUT2D eigenvalue weighted by atomic mass is 32.2. The monoisotopic (exact) mass is 386 g/mol. The van der Waals surface area contributed by atoms with E-state index in [4.69, 9.17) is 9.26 Å². The Morgan fingerprint density at radius 3 is 2.41 bits per heavy atom. The summed E-state index contributed by atoms with van der Waals surface area (Å²) in [6, 6.07) is 10.5. The Hall–Kier alpha value is -2.80. The van der Waals surface area contributed by atoms with Gasteiger partial charge in [0.1, 0.15) is 10.6 Å². The molecule has 0 aliphatic heterocycles. The van der Waals surface area contributed by atoms with Crippen LogP contribution in [-0.4, -0.2) is 20.7 Å². The summed E-state index contributed by atoms with van der Waals surface area (Å²) in [6.07, 6.45) is 0. The van der Waals surface area contributed by atoms with E-state index in [1.54, 1.807) is 24.3 Å². The molecule has 0 saturated heterocycles. The molecule has 6 nitrogen and oxygen atoms in total. The topological polar surface area (TPSA) is 81.4 Å². The zero-order valence-electron chi connectivity index (χ0n) is 16.0. The number of hydrogen-bond donors (Lipinski definition) is 1. The Balaban J connectivity index is 2.09. The Kier molecular flexibility index (Phi) is 4.97. The molecule has 0 saturated carbocycles. The van der Waals surface area contributed by atoms with Crippen LogP contribution in [0.4, 0.5) is 5.69 Å². The number of aryl methyl sites for hydroxylation is 3. The number of nitrogens with zero attached hydrogens (tertiary/aromatic N) is 1. The molecular formula is C20H22N2O4S. The first-order chi connectivity index (χ1) is 12.7. The second kappa shape index (κ2) is 7.08. The summed E-state index contributed by atoms with van der Waals surface area (Å²) in [5, 5.41) is 3.94. The van der Waals surface area contributed by atoms with Crippen LogP contribution in [0.25, 0.3) is 11.3 Å². The Morgan fingerprint density at radius 1 is 1.04 bits per heavy atom. The summed E-state index contributed by atoms with van der Waals surface area (Å²) in [5.74, 6) is 0.795. The number of rotatable bonds is 5. The molecule has 0 amide bonds. The molecule has 0 fully saturated rings. The van der Waals surface area contributed by atoms with Crippen LogP contribution in [-0.2, 0) is 10.0 Å². The molecule has 0 radical (unpaired) electrons. The third kappa shape index (κ3) is 3.68. The smallest absolute Gasteiger partial charge is 0.265 e. The number of methoxy groups -OCH3 is 1. The van der Waals surface area contributed by atoms with E-state index in [1.165, 1.54) is 7.11 Å². The predicted molar refractivity (Wildman–Crippen MR) is 105 cm³/mol. The first-order valence-corrected chi connectivity index (χ1v) is 9.92. The lowest BCUT2D eigenvalue weighted by molar-refractivity contribution is 0.402. The zero-order valence-corrected chi connectivity index (χ0v) is 16.8. The number of benzene rings is 2. The molecule has 0 aliphatic carbocycles. The first kappa shape index (κ1) is 19.0. The van der Waals surface area contributed by atoms with Gasteiger partial charge in [0.05, 0.1) is 18.5 Å². The third-order valence-electron chi connectivity index (χ3n) is 4.51. The Morgan fingerprint density at radius 2 is 1.78 bits per heavy atom. The van der Waals surface area contributed by atoms with Gasteiger partial charge < -0.3 is 9.26 Å². The van der Waals surface area contributed by atoms with Crippen LogP contribution in [0.15, 0.2) is 45.8 Å². The summed E-state index contributed by atoms with van der Waals surface area (Å²) < 4.78 is 39.5. The van der Waals surface area contributed by atoms with Crippen LogP contribution >= 0.6 is 0 Å². The van der Waals surface area contributed by atoms with Crippen molar-refractivity contribution in [2.45, 2.75) is 32.6 Å². The van der Waals surface area contributed by atoms with Gasteiger partial charge in [0.25, 0.3) is 10.0 Å². The molecule has 1 aromatic heterocycles. The van der Waals surface area contributed by atoms with Crippen molar-refractivity contribution in [3.8, 4) is 17.1 Å². The van der Waals surface area contributed by atoms with Crippen molar-refractivity contribution in [3.05, 3.63) is 58.8 Å². The van der Waals surface area contributed by atoms with E-state index in [2.05, 4.69) is 9.88 Å². The fourth-order valence-electron chi connectivity index (χ4n) is 2.76. The van der Waals surface area contributed by atoms with Crippen molar-refractivity contribution >= 4 is 15.7 Å². The summed E-state index contributed by atoms with van der Waals surface area (Å²) in [7, 11) is -2.43. The van der Waals surface area contributed by atoms with Gasteiger partial charge in [-0.1, -0.05) is 17.3 Å². The maximum absolute atomic E-state index is 13.1. The van der Waals surface area contributed by atoms with E-state index in [-0.39, 0.29) is 10.6 Å². The fourth-order valence-corrected chi connectivity index (χ4v) is 4.08. The number of hydrogen-bond acceptors (Lipinski definition) is 5. The lowest BCUT2D eigenvalue weighted by atomic mass is 10.1. The van der Waals surface area contributed by atoms with E-state index >= 15 is 0 Å². The number of sulfonamides is 1. The fraction of sp³-hybridized carbons (Fsp3) is 0.250. The molecule has 0 atom stereocenters. The molecule has 142 valence electrons. The second-order valence-electron chi connectivity index (χ2n) is 6.51. The molecule has 3 aromatic rings. The lowest BCUT2D eigenvalue weighted by Crippen LogP contribution is -2.15. The van der Waals surface area contributed by atoms with Crippen LogP contribution in [0, 0.1) is 27.7 Å². The standard InChI is InChI=1S/C20H22N2O4S/c1-12-6-7-13(2)17(10-12)22-27(23,24)19-11-16(8-9-18(19)25-5)20-14(3)15(4)21-26-20/h6-11,22H,1-5H3. The molecule has 0 aliphatic rings. The lowest BCUT2D eigenvalue weighted by Gasteiger charge is -2.14. The maximum atomic E-state index is 13.1. The van der Waals surface area contributed by atoms with Crippen LogP contribution in [0.5, 0.6) is 5.75 Å².